The standard InChI is InChI=1S/C13H18N2O3.CH5N/c1-13(2,3)18-12(16)15-9-4-5-11-10(8-9)14-6-7-17-11;1-2/h4-5,8,14H,6-7H2,1-3H3,(H,15,16);2H2,1H3. The molecule has 1 aromatic carbocycles. The molecule has 1 aliphatic rings. The van der Waals surface area contributed by atoms with Crippen LogP contribution < -0.4 is 21.1 Å². The Morgan fingerprint density at radius 1 is 1.40 bits per heavy atom. The zero-order valence-corrected chi connectivity index (χ0v) is 12.4. The first-order valence-corrected chi connectivity index (χ1v) is 6.52. The van der Waals surface area contributed by atoms with E-state index in [1.165, 1.54) is 7.05 Å². The summed E-state index contributed by atoms with van der Waals surface area (Å²) in [6, 6.07) is 5.45. The van der Waals surface area contributed by atoms with Gasteiger partial charge in [-0.2, -0.15) is 0 Å². The molecule has 6 nitrogen and oxygen atoms in total. The van der Waals surface area contributed by atoms with Crippen LogP contribution in [-0.4, -0.2) is 31.9 Å². The van der Waals surface area contributed by atoms with Crippen LogP contribution in [0, 0.1) is 0 Å². The molecule has 0 saturated heterocycles. The lowest BCUT2D eigenvalue weighted by Crippen LogP contribution is -2.27. The molecule has 1 heterocycles. The lowest BCUT2D eigenvalue weighted by atomic mass is 10.2. The molecule has 20 heavy (non-hydrogen) atoms. The van der Waals surface area contributed by atoms with Crippen molar-refractivity contribution in [3.8, 4) is 5.75 Å². The van der Waals surface area contributed by atoms with Crippen molar-refractivity contribution >= 4 is 17.5 Å². The molecule has 0 saturated carbocycles. The van der Waals surface area contributed by atoms with Crippen LogP contribution in [0.3, 0.4) is 0 Å². The van der Waals surface area contributed by atoms with Gasteiger partial charge in [0.1, 0.15) is 18.0 Å². The predicted octanol–water partition coefficient (Wildman–Crippen LogP) is 2.41. The summed E-state index contributed by atoms with van der Waals surface area (Å²) in [6.45, 7) is 6.91. The number of carbonyl (C=O) groups excluding carboxylic acids is 1. The molecule has 0 atom stereocenters. The minimum Gasteiger partial charge on any atom is -0.490 e. The van der Waals surface area contributed by atoms with Crippen LogP contribution in [-0.2, 0) is 4.74 Å². The van der Waals surface area contributed by atoms with Crippen molar-refractivity contribution < 1.29 is 14.3 Å². The van der Waals surface area contributed by atoms with Crippen LogP contribution >= 0.6 is 0 Å². The molecule has 1 amide bonds. The smallest absolute Gasteiger partial charge is 0.412 e. The van der Waals surface area contributed by atoms with Gasteiger partial charge in [-0.1, -0.05) is 0 Å². The Hall–Kier alpha value is -1.95. The van der Waals surface area contributed by atoms with E-state index in [4.69, 9.17) is 9.47 Å². The van der Waals surface area contributed by atoms with E-state index >= 15 is 0 Å². The third kappa shape index (κ3) is 4.97. The number of ether oxygens (including phenoxy) is 2. The fraction of sp³-hybridized carbons (Fsp3) is 0.500. The number of hydrogen-bond acceptors (Lipinski definition) is 5. The Morgan fingerprint density at radius 3 is 2.75 bits per heavy atom. The van der Waals surface area contributed by atoms with Crippen molar-refractivity contribution in [3.05, 3.63) is 18.2 Å². The molecular weight excluding hydrogens is 258 g/mol. The summed E-state index contributed by atoms with van der Waals surface area (Å²) in [5.41, 5.74) is 5.57. The van der Waals surface area contributed by atoms with Gasteiger partial charge in [-0.3, -0.25) is 5.32 Å². The minimum absolute atomic E-state index is 0.459. The molecule has 2 rings (SSSR count). The number of hydrogen-bond donors (Lipinski definition) is 3. The lowest BCUT2D eigenvalue weighted by Gasteiger charge is -2.21. The van der Waals surface area contributed by atoms with Gasteiger partial charge in [0.15, 0.2) is 0 Å². The van der Waals surface area contributed by atoms with Crippen LogP contribution in [0.15, 0.2) is 18.2 Å². The van der Waals surface area contributed by atoms with Crippen molar-refractivity contribution in [3.63, 3.8) is 0 Å². The zero-order chi connectivity index (χ0) is 15.2. The molecular formula is C14H23N3O3. The summed E-state index contributed by atoms with van der Waals surface area (Å²) in [5.74, 6) is 0.802. The highest BCUT2D eigenvalue weighted by atomic mass is 16.6. The predicted molar refractivity (Wildman–Crippen MR) is 80.4 cm³/mol. The monoisotopic (exact) mass is 281 g/mol. The van der Waals surface area contributed by atoms with Gasteiger partial charge in [0.2, 0.25) is 0 Å². The van der Waals surface area contributed by atoms with E-state index in [0.29, 0.717) is 12.3 Å². The molecule has 0 aliphatic carbocycles. The SMILES string of the molecule is CC(C)(C)OC(=O)Nc1ccc2c(c1)NCCO2.CN. The summed E-state index contributed by atoms with van der Waals surface area (Å²) in [6.07, 6.45) is -0.459. The van der Waals surface area contributed by atoms with Crippen molar-refractivity contribution in [2.45, 2.75) is 26.4 Å². The number of fused-ring (bicyclic) bond motifs is 1. The number of rotatable bonds is 1. The largest absolute Gasteiger partial charge is 0.490 e. The number of anilines is 2. The molecule has 0 spiro atoms. The fourth-order valence-electron chi connectivity index (χ4n) is 1.64. The van der Waals surface area contributed by atoms with Gasteiger partial charge in [0.25, 0.3) is 0 Å². The van der Waals surface area contributed by atoms with Crippen molar-refractivity contribution in [2.24, 2.45) is 5.73 Å². The normalized spacial score (nSPS) is 12.8. The van der Waals surface area contributed by atoms with E-state index < -0.39 is 11.7 Å². The van der Waals surface area contributed by atoms with E-state index in [0.717, 1.165) is 18.0 Å². The number of benzene rings is 1. The molecule has 1 aliphatic heterocycles. The van der Waals surface area contributed by atoms with E-state index in [-0.39, 0.29) is 0 Å². The van der Waals surface area contributed by atoms with Crippen LogP contribution in [0.4, 0.5) is 16.2 Å². The number of nitrogens with two attached hydrogens (primary N) is 1. The third-order valence-corrected chi connectivity index (χ3v) is 2.30. The molecule has 6 heteroatoms. The molecule has 0 aromatic heterocycles. The molecule has 0 radical (unpaired) electrons. The summed E-state index contributed by atoms with van der Waals surface area (Å²) < 4.78 is 10.6. The second kappa shape index (κ2) is 7.00. The van der Waals surface area contributed by atoms with Crippen LogP contribution in [0.5, 0.6) is 5.75 Å². The summed E-state index contributed by atoms with van der Waals surface area (Å²) in [7, 11) is 1.50. The third-order valence-electron chi connectivity index (χ3n) is 2.30. The topological polar surface area (TPSA) is 85.6 Å². The maximum absolute atomic E-state index is 11.6. The Kier molecular flexibility index (Phi) is 5.64. The molecule has 1 aromatic rings. The maximum Gasteiger partial charge on any atom is 0.412 e. The Labute approximate surface area is 119 Å². The van der Waals surface area contributed by atoms with Crippen molar-refractivity contribution in [1.29, 1.82) is 0 Å². The second-order valence-corrected chi connectivity index (χ2v) is 5.11. The Bertz CT molecular complexity index is 455. The van der Waals surface area contributed by atoms with E-state index in [1.807, 2.05) is 32.9 Å². The fourth-order valence-corrected chi connectivity index (χ4v) is 1.64. The van der Waals surface area contributed by atoms with Crippen molar-refractivity contribution in [1.82, 2.24) is 0 Å². The maximum atomic E-state index is 11.6. The van der Waals surface area contributed by atoms with E-state index in [9.17, 15) is 4.79 Å². The molecule has 0 unspecified atom stereocenters. The van der Waals surface area contributed by atoms with Crippen LogP contribution in [0.2, 0.25) is 0 Å². The van der Waals surface area contributed by atoms with Gasteiger partial charge in [0.05, 0.1) is 5.69 Å². The first-order chi connectivity index (χ1) is 9.44. The van der Waals surface area contributed by atoms with Crippen molar-refractivity contribution in [2.75, 3.05) is 30.8 Å². The molecule has 0 fully saturated rings. The quantitative estimate of drug-likeness (QED) is 0.736. The molecule has 112 valence electrons. The van der Waals surface area contributed by atoms with E-state index in [1.54, 1.807) is 6.07 Å². The highest BCUT2D eigenvalue weighted by molar-refractivity contribution is 5.86. The van der Waals surface area contributed by atoms with E-state index in [2.05, 4.69) is 16.4 Å². The molecule has 4 N–H and O–H groups in total. The van der Waals surface area contributed by atoms with Gasteiger partial charge in [0, 0.05) is 12.2 Å². The Morgan fingerprint density at radius 2 is 2.10 bits per heavy atom. The van der Waals surface area contributed by atoms with Gasteiger partial charge in [-0.25, -0.2) is 4.79 Å². The Balaban J connectivity index is 0.000000956. The van der Waals surface area contributed by atoms with Crippen LogP contribution in [0.25, 0.3) is 0 Å². The van der Waals surface area contributed by atoms with Gasteiger partial charge < -0.3 is 20.5 Å². The summed E-state index contributed by atoms with van der Waals surface area (Å²) in [5, 5.41) is 5.90. The molecule has 0 bridgehead atoms. The summed E-state index contributed by atoms with van der Waals surface area (Å²) >= 11 is 0. The average molecular weight is 281 g/mol. The summed E-state index contributed by atoms with van der Waals surface area (Å²) in [4.78, 5) is 11.6. The van der Waals surface area contributed by atoms with Gasteiger partial charge >= 0.3 is 6.09 Å². The first-order valence-electron chi connectivity index (χ1n) is 6.52. The zero-order valence-electron chi connectivity index (χ0n) is 12.4. The van der Waals surface area contributed by atoms with Gasteiger partial charge in [-0.15, -0.1) is 0 Å². The second-order valence-electron chi connectivity index (χ2n) is 5.11. The van der Waals surface area contributed by atoms with Gasteiger partial charge in [-0.05, 0) is 46.0 Å². The number of carbonyl (C=O) groups is 1. The minimum atomic E-state index is -0.500. The highest BCUT2D eigenvalue weighted by Gasteiger charge is 2.17. The lowest BCUT2D eigenvalue weighted by molar-refractivity contribution is 0.0636. The number of amides is 1. The first kappa shape index (κ1) is 16.1. The average Bonchev–Trinajstić information content (AvgIpc) is 2.38. The number of nitrogens with one attached hydrogen (secondary N) is 2. The van der Waals surface area contributed by atoms with Crippen LogP contribution in [0.1, 0.15) is 20.8 Å². The highest BCUT2D eigenvalue weighted by Crippen LogP contribution is 2.30.